The molecule has 0 saturated heterocycles. The van der Waals surface area contributed by atoms with Gasteiger partial charge in [-0.25, -0.2) is 8.78 Å². The maximum atomic E-state index is 13.7. The summed E-state index contributed by atoms with van der Waals surface area (Å²) in [5, 5.41) is 0. The third-order valence-electron chi connectivity index (χ3n) is 4.01. The Labute approximate surface area is 171 Å². The zero-order valence-electron chi connectivity index (χ0n) is 15.2. The number of para-hydroxylation sites is 2. The highest BCUT2D eigenvalue weighted by Gasteiger charge is 2.06. The molecule has 0 N–H and O–H groups in total. The molecule has 0 aliphatic heterocycles. The molecule has 0 amide bonds. The van der Waals surface area contributed by atoms with Crippen LogP contribution < -0.4 is 9.47 Å². The summed E-state index contributed by atoms with van der Waals surface area (Å²) in [5.74, 6) is 0.713. The van der Waals surface area contributed by atoms with Gasteiger partial charge in [-0.3, -0.25) is 0 Å². The van der Waals surface area contributed by atoms with Gasteiger partial charge in [-0.2, -0.15) is 0 Å². The molecule has 4 aromatic carbocycles. The standard InChI is InChI=1S/C24H16F2O2S/c25-21-5-1-3-7-23(21)27-17-9-13-19(14-10-17)29-20-15-11-18(12-16-20)28-24-8-4-2-6-22(24)26/h1-16H. The normalized spacial score (nSPS) is 10.6. The van der Waals surface area contributed by atoms with Crippen LogP contribution in [0, 0.1) is 11.6 Å². The lowest BCUT2D eigenvalue weighted by atomic mass is 10.3. The molecule has 4 aromatic rings. The van der Waals surface area contributed by atoms with Crippen LogP contribution in [0.3, 0.4) is 0 Å². The summed E-state index contributed by atoms with van der Waals surface area (Å²) in [6, 6.07) is 27.4. The molecule has 2 nitrogen and oxygen atoms in total. The number of ether oxygens (including phenoxy) is 2. The van der Waals surface area contributed by atoms with Gasteiger partial charge < -0.3 is 9.47 Å². The topological polar surface area (TPSA) is 18.5 Å². The first-order valence-corrected chi connectivity index (χ1v) is 9.72. The number of hydrogen-bond acceptors (Lipinski definition) is 3. The highest BCUT2D eigenvalue weighted by Crippen LogP contribution is 2.32. The van der Waals surface area contributed by atoms with E-state index in [9.17, 15) is 8.78 Å². The minimum absolute atomic E-state index is 0.193. The lowest BCUT2D eigenvalue weighted by Crippen LogP contribution is -1.88. The molecule has 144 valence electrons. The molecule has 0 unspecified atom stereocenters. The third-order valence-corrected chi connectivity index (χ3v) is 5.03. The molecule has 5 heteroatoms. The third kappa shape index (κ3) is 4.95. The molecule has 4 rings (SSSR count). The highest BCUT2D eigenvalue weighted by molar-refractivity contribution is 7.99. The summed E-state index contributed by atoms with van der Waals surface area (Å²) in [4.78, 5) is 2.02. The Hall–Kier alpha value is -3.31. The largest absolute Gasteiger partial charge is 0.454 e. The van der Waals surface area contributed by atoms with Crippen molar-refractivity contribution in [2.24, 2.45) is 0 Å². The van der Waals surface area contributed by atoms with Crippen LogP contribution >= 0.6 is 11.8 Å². The van der Waals surface area contributed by atoms with E-state index in [1.807, 2.05) is 24.3 Å². The Morgan fingerprint density at radius 3 is 1.24 bits per heavy atom. The quantitative estimate of drug-likeness (QED) is 0.327. The van der Waals surface area contributed by atoms with Gasteiger partial charge in [0.2, 0.25) is 0 Å². The first kappa shape index (κ1) is 19.0. The summed E-state index contributed by atoms with van der Waals surface area (Å²) in [6.07, 6.45) is 0. The second-order valence-electron chi connectivity index (χ2n) is 6.11. The zero-order chi connectivity index (χ0) is 20.1. The van der Waals surface area contributed by atoms with E-state index in [2.05, 4.69) is 0 Å². The van der Waals surface area contributed by atoms with Crippen molar-refractivity contribution in [1.29, 1.82) is 0 Å². The molecule has 0 aromatic heterocycles. The van der Waals surface area contributed by atoms with Crippen LogP contribution in [-0.4, -0.2) is 0 Å². The van der Waals surface area contributed by atoms with Crippen molar-refractivity contribution in [2.45, 2.75) is 9.79 Å². The Morgan fingerprint density at radius 2 is 0.862 bits per heavy atom. The number of rotatable bonds is 6. The van der Waals surface area contributed by atoms with Gasteiger partial charge in [0.05, 0.1) is 0 Å². The average Bonchev–Trinajstić information content (AvgIpc) is 2.74. The summed E-state index contributed by atoms with van der Waals surface area (Å²) >= 11 is 1.56. The highest BCUT2D eigenvalue weighted by atomic mass is 32.2. The molecule has 0 atom stereocenters. The molecular formula is C24H16F2O2S. The molecular weight excluding hydrogens is 390 g/mol. The Balaban J connectivity index is 1.39. The second-order valence-corrected chi connectivity index (χ2v) is 7.26. The zero-order valence-corrected chi connectivity index (χ0v) is 16.0. The van der Waals surface area contributed by atoms with E-state index >= 15 is 0 Å². The first-order valence-electron chi connectivity index (χ1n) is 8.90. The van der Waals surface area contributed by atoms with Crippen LogP contribution in [0.5, 0.6) is 23.0 Å². The maximum absolute atomic E-state index is 13.7. The summed E-state index contributed by atoms with van der Waals surface area (Å²) in [7, 11) is 0. The van der Waals surface area contributed by atoms with Gasteiger partial charge in [-0.15, -0.1) is 0 Å². The summed E-state index contributed by atoms with van der Waals surface area (Å²) < 4.78 is 38.5. The van der Waals surface area contributed by atoms with Crippen LogP contribution in [0.15, 0.2) is 107 Å². The molecule has 0 heterocycles. The predicted molar refractivity (Wildman–Crippen MR) is 110 cm³/mol. The number of halogens is 2. The fourth-order valence-corrected chi connectivity index (χ4v) is 3.41. The smallest absolute Gasteiger partial charge is 0.165 e. The molecule has 0 spiro atoms. The van der Waals surface area contributed by atoms with Crippen molar-refractivity contribution < 1.29 is 18.3 Å². The van der Waals surface area contributed by atoms with Gasteiger partial charge in [0.15, 0.2) is 23.1 Å². The van der Waals surface area contributed by atoms with Crippen molar-refractivity contribution >= 4 is 11.8 Å². The Bertz CT molecular complexity index is 1010. The van der Waals surface area contributed by atoms with E-state index in [4.69, 9.17) is 9.47 Å². The van der Waals surface area contributed by atoms with Crippen LogP contribution in [-0.2, 0) is 0 Å². The fraction of sp³-hybridized carbons (Fsp3) is 0. The van der Waals surface area contributed by atoms with Crippen molar-refractivity contribution in [3.05, 3.63) is 109 Å². The minimum Gasteiger partial charge on any atom is -0.454 e. The maximum Gasteiger partial charge on any atom is 0.165 e. The van der Waals surface area contributed by atoms with Crippen LogP contribution in [0.25, 0.3) is 0 Å². The lowest BCUT2D eigenvalue weighted by molar-refractivity contribution is 0.442. The fourth-order valence-electron chi connectivity index (χ4n) is 2.60. The Morgan fingerprint density at radius 1 is 0.483 bits per heavy atom. The molecule has 0 aliphatic carbocycles. The summed E-state index contributed by atoms with van der Waals surface area (Å²) in [5.41, 5.74) is 0. The summed E-state index contributed by atoms with van der Waals surface area (Å²) in [6.45, 7) is 0. The van der Waals surface area contributed by atoms with Crippen molar-refractivity contribution in [2.75, 3.05) is 0 Å². The minimum atomic E-state index is -0.399. The van der Waals surface area contributed by atoms with E-state index in [0.29, 0.717) is 11.5 Å². The van der Waals surface area contributed by atoms with Crippen LogP contribution in [0.4, 0.5) is 8.78 Å². The van der Waals surface area contributed by atoms with Crippen molar-refractivity contribution in [1.82, 2.24) is 0 Å². The molecule has 29 heavy (non-hydrogen) atoms. The first-order chi connectivity index (χ1) is 14.2. The van der Waals surface area contributed by atoms with Gasteiger partial charge >= 0.3 is 0 Å². The SMILES string of the molecule is Fc1ccccc1Oc1ccc(Sc2ccc(Oc3ccccc3F)cc2)cc1. The predicted octanol–water partition coefficient (Wildman–Crippen LogP) is 7.70. The van der Waals surface area contributed by atoms with E-state index in [1.54, 1.807) is 72.4 Å². The molecule has 0 aliphatic rings. The monoisotopic (exact) mass is 406 g/mol. The average molecular weight is 406 g/mol. The van der Waals surface area contributed by atoms with Gasteiger partial charge in [-0.05, 0) is 72.8 Å². The second kappa shape index (κ2) is 8.80. The van der Waals surface area contributed by atoms with E-state index < -0.39 is 11.6 Å². The van der Waals surface area contributed by atoms with Gasteiger partial charge in [0.1, 0.15) is 11.5 Å². The Kier molecular flexibility index (Phi) is 5.77. The van der Waals surface area contributed by atoms with Crippen LogP contribution in [0.2, 0.25) is 0 Å². The number of hydrogen-bond donors (Lipinski definition) is 0. The molecule has 0 saturated carbocycles. The van der Waals surface area contributed by atoms with Crippen molar-refractivity contribution in [3.63, 3.8) is 0 Å². The van der Waals surface area contributed by atoms with Gasteiger partial charge in [-0.1, -0.05) is 36.0 Å². The van der Waals surface area contributed by atoms with Gasteiger partial charge in [0, 0.05) is 9.79 Å². The van der Waals surface area contributed by atoms with E-state index in [0.717, 1.165) is 9.79 Å². The van der Waals surface area contributed by atoms with Crippen molar-refractivity contribution in [3.8, 4) is 23.0 Å². The van der Waals surface area contributed by atoms with E-state index in [-0.39, 0.29) is 11.5 Å². The van der Waals surface area contributed by atoms with Gasteiger partial charge in [0.25, 0.3) is 0 Å². The lowest BCUT2D eigenvalue weighted by Gasteiger charge is -2.09. The molecule has 0 bridgehead atoms. The molecule has 0 radical (unpaired) electrons. The number of benzene rings is 4. The van der Waals surface area contributed by atoms with Crippen LogP contribution in [0.1, 0.15) is 0 Å². The van der Waals surface area contributed by atoms with E-state index in [1.165, 1.54) is 12.1 Å². The molecule has 0 fully saturated rings.